The molecule has 0 amide bonds. The normalized spacial score (nSPS) is 11.0. The maximum absolute atomic E-state index is 4.68. The molecule has 6 rings (SSSR count). The molecule has 0 aliphatic rings. The van der Waals surface area contributed by atoms with Gasteiger partial charge in [0.1, 0.15) is 5.82 Å². The van der Waals surface area contributed by atoms with Crippen LogP contribution in [0.4, 0.5) is 0 Å². The standard InChI is InChI=1S/C30H21N3S.Pt/c1-20-15-16-31-29(17-20)33-27-11-4-3-10-25(27)26-14-13-23(19-28(26)33)22-8-6-9-24(18-22)34-30-12-5-7-21(2)32-30;/h3-17H,1-2H3;/q-2;+2. The first-order valence-corrected chi connectivity index (χ1v) is 12.0. The zero-order valence-corrected chi connectivity index (χ0v) is 22.3. The van der Waals surface area contributed by atoms with Crippen LogP contribution < -0.4 is 0 Å². The molecule has 0 bridgehead atoms. The Morgan fingerprint density at radius 1 is 0.771 bits per heavy atom. The number of para-hydroxylation sites is 1. The number of benzene rings is 3. The van der Waals surface area contributed by atoms with E-state index in [9.17, 15) is 0 Å². The Hall–Kier alpha value is -3.20. The van der Waals surface area contributed by atoms with Gasteiger partial charge in [-0.05, 0) is 60.6 Å². The monoisotopic (exact) mass is 650 g/mol. The molecular weight excluding hydrogens is 629 g/mol. The van der Waals surface area contributed by atoms with Crippen molar-refractivity contribution in [2.75, 3.05) is 0 Å². The van der Waals surface area contributed by atoms with E-state index < -0.39 is 0 Å². The molecule has 3 aromatic carbocycles. The Kier molecular flexibility index (Phi) is 6.60. The SMILES string of the molecule is Cc1ccnc(-n2c3[c-]c(-c4[c-]c(Sc5cccc(C)n5)ccc4)ccc3c3ccccc32)c1.[Pt+2]. The average Bonchev–Trinajstić information content (AvgIpc) is 3.18. The summed E-state index contributed by atoms with van der Waals surface area (Å²) in [6.07, 6.45) is 1.86. The number of rotatable bonds is 4. The largest absolute Gasteiger partial charge is 2.00 e. The van der Waals surface area contributed by atoms with Crippen LogP contribution in [-0.2, 0) is 21.1 Å². The van der Waals surface area contributed by atoms with Crippen LogP contribution in [0, 0.1) is 26.0 Å². The molecule has 172 valence electrons. The molecule has 0 N–H and O–H groups in total. The van der Waals surface area contributed by atoms with Crippen LogP contribution in [0.3, 0.4) is 0 Å². The molecule has 0 fully saturated rings. The van der Waals surface area contributed by atoms with Gasteiger partial charge in [0.15, 0.2) is 0 Å². The van der Waals surface area contributed by atoms with Crippen LogP contribution in [0.1, 0.15) is 11.3 Å². The minimum atomic E-state index is 0. The van der Waals surface area contributed by atoms with E-state index in [0.717, 1.165) is 49.0 Å². The van der Waals surface area contributed by atoms with Crippen LogP contribution in [0.25, 0.3) is 38.8 Å². The van der Waals surface area contributed by atoms with E-state index in [1.807, 2.05) is 37.4 Å². The molecule has 0 unspecified atom stereocenters. The van der Waals surface area contributed by atoms with Crippen molar-refractivity contribution in [3.63, 3.8) is 0 Å². The molecule has 5 heteroatoms. The molecule has 35 heavy (non-hydrogen) atoms. The Labute approximate surface area is 223 Å². The van der Waals surface area contributed by atoms with Gasteiger partial charge in [-0.15, -0.1) is 12.1 Å². The van der Waals surface area contributed by atoms with Crippen molar-refractivity contribution in [2.45, 2.75) is 23.8 Å². The van der Waals surface area contributed by atoms with Gasteiger partial charge in [-0.1, -0.05) is 46.3 Å². The summed E-state index contributed by atoms with van der Waals surface area (Å²) in [5.41, 5.74) is 6.34. The molecule has 3 heterocycles. The number of aromatic nitrogens is 3. The van der Waals surface area contributed by atoms with Crippen LogP contribution in [-0.4, -0.2) is 14.5 Å². The zero-order valence-electron chi connectivity index (χ0n) is 19.2. The second kappa shape index (κ2) is 9.81. The molecule has 0 aliphatic carbocycles. The summed E-state index contributed by atoms with van der Waals surface area (Å²) in [4.78, 5) is 10.3. The van der Waals surface area contributed by atoms with Crippen LogP contribution in [0.15, 0.2) is 101 Å². The number of aryl methyl sites for hydroxylation is 2. The Morgan fingerprint density at radius 2 is 1.60 bits per heavy atom. The van der Waals surface area contributed by atoms with Gasteiger partial charge in [-0.25, -0.2) is 21.1 Å². The molecule has 6 aromatic rings. The van der Waals surface area contributed by atoms with Gasteiger partial charge in [-0.3, -0.25) is 0 Å². The fourth-order valence-electron chi connectivity index (χ4n) is 4.28. The maximum Gasteiger partial charge on any atom is 2.00 e. The average molecular weight is 651 g/mol. The van der Waals surface area contributed by atoms with E-state index in [0.29, 0.717) is 0 Å². The fraction of sp³-hybridized carbons (Fsp3) is 0.0667. The van der Waals surface area contributed by atoms with E-state index >= 15 is 0 Å². The van der Waals surface area contributed by atoms with Gasteiger partial charge < -0.3 is 4.57 Å². The molecule has 0 radical (unpaired) electrons. The van der Waals surface area contributed by atoms with Crippen LogP contribution >= 0.6 is 11.8 Å². The first-order valence-electron chi connectivity index (χ1n) is 11.2. The molecular formula is C30H21N3PtS. The summed E-state index contributed by atoms with van der Waals surface area (Å²) in [5.74, 6) is 0.901. The number of nitrogens with zero attached hydrogens (tertiary/aromatic N) is 3. The predicted molar refractivity (Wildman–Crippen MR) is 140 cm³/mol. The van der Waals surface area contributed by atoms with E-state index in [2.05, 4.69) is 94.3 Å². The molecule has 3 aromatic heterocycles. The summed E-state index contributed by atoms with van der Waals surface area (Å²) < 4.78 is 2.20. The Balaban J connectivity index is 0.00000253. The van der Waals surface area contributed by atoms with Gasteiger partial charge in [0, 0.05) is 17.4 Å². The van der Waals surface area contributed by atoms with Crippen molar-refractivity contribution < 1.29 is 21.1 Å². The van der Waals surface area contributed by atoms with Gasteiger partial charge in [0.05, 0.1) is 5.03 Å². The molecule has 0 atom stereocenters. The molecule has 3 nitrogen and oxygen atoms in total. The van der Waals surface area contributed by atoms with Crippen molar-refractivity contribution in [2.24, 2.45) is 0 Å². The molecule has 0 aliphatic heterocycles. The predicted octanol–water partition coefficient (Wildman–Crippen LogP) is 7.61. The van der Waals surface area contributed by atoms with Crippen molar-refractivity contribution >= 4 is 33.6 Å². The summed E-state index contributed by atoms with van der Waals surface area (Å²) >= 11 is 1.62. The van der Waals surface area contributed by atoms with Crippen LogP contribution in [0.2, 0.25) is 0 Å². The summed E-state index contributed by atoms with van der Waals surface area (Å²) in [6.45, 7) is 4.10. The van der Waals surface area contributed by atoms with Gasteiger partial charge in [0.2, 0.25) is 0 Å². The number of pyridine rings is 2. The zero-order chi connectivity index (χ0) is 23.1. The number of fused-ring (bicyclic) bond motifs is 3. The quantitative estimate of drug-likeness (QED) is 0.184. The second-order valence-corrected chi connectivity index (χ2v) is 9.39. The van der Waals surface area contributed by atoms with E-state index in [4.69, 9.17) is 0 Å². The Morgan fingerprint density at radius 3 is 2.46 bits per heavy atom. The summed E-state index contributed by atoms with van der Waals surface area (Å²) in [7, 11) is 0. The van der Waals surface area contributed by atoms with Crippen molar-refractivity contribution in [1.29, 1.82) is 0 Å². The van der Waals surface area contributed by atoms with Gasteiger partial charge in [0.25, 0.3) is 0 Å². The number of hydrogen-bond donors (Lipinski definition) is 0. The van der Waals surface area contributed by atoms with Crippen LogP contribution in [0.5, 0.6) is 0 Å². The first kappa shape index (κ1) is 23.5. The van der Waals surface area contributed by atoms with E-state index in [1.54, 1.807) is 11.8 Å². The van der Waals surface area contributed by atoms with Crippen molar-refractivity contribution in [3.8, 4) is 16.9 Å². The fourth-order valence-corrected chi connectivity index (χ4v) is 5.15. The smallest absolute Gasteiger partial charge is 0.314 e. The minimum absolute atomic E-state index is 0. The summed E-state index contributed by atoms with van der Waals surface area (Å²) in [5, 5.41) is 3.33. The number of hydrogen-bond acceptors (Lipinski definition) is 3. The third-order valence-corrected chi connectivity index (χ3v) is 6.74. The third-order valence-electron chi connectivity index (χ3n) is 5.85. The maximum atomic E-state index is 4.68. The van der Waals surface area contributed by atoms with E-state index in [-0.39, 0.29) is 21.1 Å². The molecule has 0 spiro atoms. The third kappa shape index (κ3) is 4.57. The Bertz CT molecular complexity index is 1670. The van der Waals surface area contributed by atoms with E-state index in [1.165, 1.54) is 10.9 Å². The minimum Gasteiger partial charge on any atom is -0.314 e. The van der Waals surface area contributed by atoms with Gasteiger partial charge >= 0.3 is 21.1 Å². The summed E-state index contributed by atoms with van der Waals surface area (Å²) in [6, 6.07) is 36.5. The van der Waals surface area contributed by atoms with Gasteiger partial charge in [-0.2, -0.15) is 30.3 Å². The topological polar surface area (TPSA) is 30.7 Å². The molecule has 0 saturated carbocycles. The van der Waals surface area contributed by atoms with Crippen molar-refractivity contribution in [1.82, 2.24) is 14.5 Å². The molecule has 0 saturated heterocycles. The second-order valence-electron chi connectivity index (χ2n) is 8.33. The van der Waals surface area contributed by atoms with Crippen molar-refractivity contribution in [3.05, 3.63) is 115 Å². The first-order chi connectivity index (χ1) is 16.7.